The summed E-state index contributed by atoms with van der Waals surface area (Å²) < 4.78 is 12.9. The molecule has 3 aromatic rings. The minimum absolute atomic E-state index is 0.0940. The van der Waals surface area contributed by atoms with Crippen LogP contribution in [-0.2, 0) is 33.7 Å². The van der Waals surface area contributed by atoms with Crippen molar-refractivity contribution in [3.8, 4) is 5.75 Å². The number of hydrogen-bond acceptors (Lipinski definition) is 9. The maximum absolute atomic E-state index is 13.0. The van der Waals surface area contributed by atoms with Gasteiger partial charge in [-0.15, -0.1) is 21.5 Å². The van der Waals surface area contributed by atoms with E-state index in [0.717, 1.165) is 55.4 Å². The molecule has 2 aliphatic rings. The van der Waals surface area contributed by atoms with Crippen molar-refractivity contribution in [3.63, 3.8) is 0 Å². The Balaban J connectivity index is 1.22. The van der Waals surface area contributed by atoms with Crippen molar-refractivity contribution >= 4 is 45.9 Å². The number of amides is 2. The van der Waals surface area contributed by atoms with Gasteiger partial charge >= 0.3 is 5.97 Å². The molecule has 0 radical (unpaired) electrons. The van der Waals surface area contributed by atoms with Gasteiger partial charge in [0.1, 0.15) is 10.8 Å². The molecule has 0 atom stereocenters. The van der Waals surface area contributed by atoms with Crippen LogP contribution < -0.4 is 15.4 Å². The topological polar surface area (TPSA) is 124 Å². The first-order valence-corrected chi connectivity index (χ1v) is 16.0. The van der Waals surface area contributed by atoms with E-state index in [0.29, 0.717) is 27.3 Å². The number of nitrogens with one attached hydrogen (secondary N) is 2. The average Bonchev–Trinajstić information content (AvgIpc) is 3.69. The van der Waals surface area contributed by atoms with Crippen molar-refractivity contribution in [3.05, 3.63) is 52.2 Å². The maximum atomic E-state index is 13.0. The molecule has 41 heavy (non-hydrogen) atoms. The first-order valence-electron chi connectivity index (χ1n) is 14.2. The first-order chi connectivity index (χ1) is 20.0. The Hall–Kier alpha value is -3.38. The number of para-hydroxylation sites is 1. The Bertz CT molecular complexity index is 1370. The number of esters is 1. The highest BCUT2D eigenvalue weighted by molar-refractivity contribution is 7.99. The van der Waals surface area contributed by atoms with E-state index >= 15 is 0 Å². The molecule has 0 aliphatic heterocycles. The zero-order valence-corrected chi connectivity index (χ0v) is 24.8. The van der Waals surface area contributed by atoms with Gasteiger partial charge in [0.15, 0.2) is 17.6 Å². The van der Waals surface area contributed by atoms with E-state index in [2.05, 4.69) is 25.4 Å². The van der Waals surface area contributed by atoms with E-state index in [4.69, 9.17) is 9.47 Å². The van der Waals surface area contributed by atoms with Crippen LogP contribution in [0.5, 0.6) is 5.75 Å². The van der Waals surface area contributed by atoms with E-state index in [1.807, 2.05) is 18.2 Å². The van der Waals surface area contributed by atoms with Crippen molar-refractivity contribution in [1.82, 2.24) is 20.1 Å². The molecule has 0 saturated heterocycles. The second-order valence-electron chi connectivity index (χ2n) is 10.1. The van der Waals surface area contributed by atoms with E-state index in [9.17, 15) is 14.4 Å². The minimum atomic E-state index is -0.382. The fourth-order valence-corrected chi connectivity index (χ4v) is 7.45. The molecule has 0 bridgehead atoms. The maximum Gasteiger partial charge on any atom is 0.341 e. The summed E-state index contributed by atoms with van der Waals surface area (Å²) in [6.07, 6.45) is 8.18. The molecule has 1 saturated carbocycles. The molecule has 5 rings (SSSR count). The largest absolute Gasteiger partial charge is 0.484 e. The van der Waals surface area contributed by atoms with E-state index in [-0.39, 0.29) is 49.3 Å². The third-order valence-electron chi connectivity index (χ3n) is 7.22. The number of carbonyl (C=O) groups is 3. The molecule has 218 valence electrons. The van der Waals surface area contributed by atoms with Gasteiger partial charge in [-0.3, -0.25) is 9.59 Å². The number of benzene rings is 1. The summed E-state index contributed by atoms with van der Waals surface area (Å²) in [6.45, 7) is 2.19. The number of hydrogen-bond donors (Lipinski definition) is 2. The Morgan fingerprint density at radius 1 is 1.05 bits per heavy atom. The number of thiophene rings is 1. The molecular weight excluding hydrogens is 562 g/mol. The SMILES string of the molecule is CCOC(=O)c1c(NC(=O)CSc2nnc(CNC(=O)COc3ccccc3)n2C2CCCCC2)sc2c1CCC2. The van der Waals surface area contributed by atoms with Gasteiger partial charge in [-0.25, -0.2) is 4.79 Å². The fraction of sp³-hybridized carbons (Fsp3) is 0.483. The van der Waals surface area contributed by atoms with Crippen LogP contribution in [0.15, 0.2) is 35.5 Å². The van der Waals surface area contributed by atoms with Crippen molar-refractivity contribution < 1.29 is 23.9 Å². The molecule has 2 aliphatic carbocycles. The van der Waals surface area contributed by atoms with Gasteiger partial charge in [-0.1, -0.05) is 49.2 Å². The second kappa shape index (κ2) is 14.0. The molecule has 1 aromatic carbocycles. The van der Waals surface area contributed by atoms with Gasteiger partial charge in [-0.2, -0.15) is 0 Å². The number of anilines is 1. The summed E-state index contributed by atoms with van der Waals surface area (Å²) in [5.74, 6) is 0.561. The highest BCUT2D eigenvalue weighted by atomic mass is 32.2. The van der Waals surface area contributed by atoms with Crippen LogP contribution in [0.1, 0.15) is 78.1 Å². The Morgan fingerprint density at radius 2 is 1.85 bits per heavy atom. The predicted molar refractivity (Wildman–Crippen MR) is 158 cm³/mol. The molecule has 10 nitrogen and oxygen atoms in total. The molecule has 2 aromatic heterocycles. The smallest absolute Gasteiger partial charge is 0.341 e. The van der Waals surface area contributed by atoms with Gasteiger partial charge in [-0.05, 0) is 56.7 Å². The fourth-order valence-electron chi connectivity index (χ4n) is 5.33. The van der Waals surface area contributed by atoms with Crippen molar-refractivity contribution in [2.75, 3.05) is 24.3 Å². The van der Waals surface area contributed by atoms with Crippen molar-refractivity contribution in [2.45, 2.75) is 76.0 Å². The lowest BCUT2D eigenvalue weighted by atomic mass is 9.95. The number of aromatic nitrogens is 3. The molecular formula is C29H35N5O5S2. The van der Waals surface area contributed by atoms with Crippen molar-refractivity contribution in [2.24, 2.45) is 0 Å². The van der Waals surface area contributed by atoms with Crippen molar-refractivity contribution in [1.29, 1.82) is 0 Å². The summed E-state index contributed by atoms with van der Waals surface area (Å²) in [5.41, 5.74) is 1.51. The molecule has 1 fully saturated rings. The number of rotatable bonds is 12. The number of ether oxygens (including phenoxy) is 2. The Morgan fingerprint density at radius 3 is 2.63 bits per heavy atom. The number of fused-ring (bicyclic) bond motifs is 1. The standard InChI is InChI=1S/C29H35N5O5S2/c1-2-38-28(37)26-21-14-9-15-22(21)41-27(26)31-25(36)18-40-29-33-32-23(34(29)19-10-5-3-6-11-19)16-30-24(35)17-39-20-12-7-4-8-13-20/h4,7-8,12-13,19H,2-3,5-6,9-11,14-18H2,1H3,(H,30,35)(H,31,36). The third-order valence-corrected chi connectivity index (χ3v) is 9.37. The number of aryl methyl sites for hydroxylation is 1. The molecule has 2 heterocycles. The second-order valence-corrected chi connectivity index (χ2v) is 12.1. The summed E-state index contributed by atoms with van der Waals surface area (Å²) >= 11 is 2.78. The van der Waals surface area contributed by atoms with Crippen LogP contribution in [0, 0.1) is 0 Å². The number of carbonyl (C=O) groups excluding carboxylic acids is 3. The molecule has 2 amide bonds. The van der Waals surface area contributed by atoms with Gasteiger partial charge in [0, 0.05) is 10.9 Å². The van der Waals surface area contributed by atoms with Crippen LogP contribution in [0.3, 0.4) is 0 Å². The van der Waals surface area contributed by atoms with Crippen LogP contribution in [0.4, 0.5) is 5.00 Å². The highest BCUT2D eigenvalue weighted by Gasteiger charge is 2.29. The summed E-state index contributed by atoms with van der Waals surface area (Å²) in [7, 11) is 0. The van der Waals surface area contributed by atoms with Crippen LogP contribution >= 0.6 is 23.1 Å². The lowest BCUT2D eigenvalue weighted by molar-refractivity contribution is -0.123. The molecule has 0 unspecified atom stereocenters. The van der Waals surface area contributed by atoms with Gasteiger partial charge < -0.3 is 24.7 Å². The number of nitrogens with zero attached hydrogens (tertiary/aromatic N) is 3. The number of thioether (sulfide) groups is 1. The zero-order valence-electron chi connectivity index (χ0n) is 23.1. The van der Waals surface area contributed by atoms with E-state index in [1.165, 1.54) is 29.5 Å². The van der Waals surface area contributed by atoms with Gasteiger partial charge in [0.25, 0.3) is 5.91 Å². The first kappa shape index (κ1) is 29.1. The molecule has 0 spiro atoms. The van der Waals surface area contributed by atoms with Crippen LogP contribution in [0.2, 0.25) is 0 Å². The van der Waals surface area contributed by atoms with E-state index < -0.39 is 0 Å². The Kier molecular flexibility index (Phi) is 9.94. The molecule has 2 N–H and O–H groups in total. The lowest BCUT2D eigenvalue weighted by Crippen LogP contribution is -2.30. The predicted octanol–water partition coefficient (Wildman–Crippen LogP) is 4.94. The summed E-state index contributed by atoms with van der Waals surface area (Å²) in [6, 6.07) is 9.41. The monoisotopic (exact) mass is 597 g/mol. The minimum Gasteiger partial charge on any atom is -0.484 e. The normalized spacial score (nSPS) is 14.9. The summed E-state index contributed by atoms with van der Waals surface area (Å²) in [4.78, 5) is 39.3. The van der Waals surface area contributed by atoms with Gasteiger partial charge in [0.05, 0.1) is 24.5 Å². The average molecular weight is 598 g/mol. The Labute approximate surface area is 247 Å². The quantitative estimate of drug-likeness (QED) is 0.222. The van der Waals surface area contributed by atoms with Crippen LogP contribution in [0.25, 0.3) is 0 Å². The van der Waals surface area contributed by atoms with Crippen LogP contribution in [-0.4, -0.2) is 51.5 Å². The molecule has 12 heteroatoms. The zero-order chi connectivity index (χ0) is 28.6. The lowest BCUT2D eigenvalue weighted by Gasteiger charge is -2.25. The highest BCUT2D eigenvalue weighted by Crippen LogP contribution is 2.40. The summed E-state index contributed by atoms with van der Waals surface area (Å²) in [5, 5.41) is 15.8. The van der Waals surface area contributed by atoms with E-state index in [1.54, 1.807) is 19.1 Å². The third kappa shape index (κ3) is 7.28. The van der Waals surface area contributed by atoms with Gasteiger partial charge in [0.2, 0.25) is 5.91 Å².